The molecule has 0 unspecified atom stereocenters. The fourth-order valence-electron chi connectivity index (χ4n) is 4.51. The van der Waals surface area contributed by atoms with Crippen LogP contribution in [0, 0.1) is 11.3 Å². The van der Waals surface area contributed by atoms with Crippen LogP contribution < -0.4 is 14.4 Å². The van der Waals surface area contributed by atoms with Gasteiger partial charge in [0, 0.05) is 22.5 Å². The smallest absolute Gasteiger partial charge is 0.241 e. The average molecular weight is 558 g/mol. The summed E-state index contributed by atoms with van der Waals surface area (Å²) in [5.74, 6) is 1.09. The summed E-state index contributed by atoms with van der Waals surface area (Å²) in [6.07, 6.45) is 0. The molecular weight excluding hydrogens is 530 g/mol. The summed E-state index contributed by atoms with van der Waals surface area (Å²) in [6.45, 7) is 0. The average Bonchev–Trinajstić information content (AvgIpc) is 3.04. The Balaban J connectivity index is 1.56. The molecule has 0 fully saturated rings. The van der Waals surface area contributed by atoms with Gasteiger partial charge in [-0.05, 0) is 48.0 Å². The molecule has 6 nitrogen and oxygen atoms in total. The van der Waals surface area contributed by atoms with E-state index >= 15 is 0 Å². The number of benzene rings is 4. The first kappa shape index (κ1) is 27.5. The highest BCUT2D eigenvalue weighted by Gasteiger charge is 2.22. The van der Waals surface area contributed by atoms with Crippen LogP contribution >= 0.6 is 11.8 Å². The first-order valence-corrected chi connectivity index (χ1v) is 13.9. The van der Waals surface area contributed by atoms with Crippen molar-refractivity contribution in [3.05, 3.63) is 121 Å². The van der Waals surface area contributed by atoms with E-state index in [1.807, 2.05) is 115 Å². The summed E-state index contributed by atoms with van der Waals surface area (Å²) >= 11 is 1.25. The molecule has 0 atom stereocenters. The van der Waals surface area contributed by atoms with Crippen LogP contribution in [0.5, 0.6) is 11.5 Å². The number of hydrogen-bond acceptors (Lipinski definition) is 6. The van der Waals surface area contributed by atoms with Crippen molar-refractivity contribution in [2.45, 2.75) is 5.03 Å². The molecule has 0 aliphatic carbocycles. The minimum absolute atomic E-state index is 0.0785. The maximum Gasteiger partial charge on any atom is 0.241 e. The summed E-state index contributed by atoms with van der Waals surface area (Å²) in [6, 6.07) is 38.6. The molecule has 41 heavy (non-hydrogen) atoms. The molecule has 0 N–H and O–H groups in total. The Morgan fingerprint density at radius 1 is 0.780 bits per heavy atom. The number of anilines is 2. The molecule has 1 amide bonds. The van der Waals surface area contributed by atoms with Crippen LogP contribution in [0.1, 0.15) is 5.56 Å². The Morgan fingerprint density at radius 3 is 1.93 bits per heavy atom. The SMILES string of the molecule is COc1ccc(-c2cc(-c3ccccc3)nc(SCC(=O)N(c3ccccc3)c3ccccc3)c2C#N)cc1OC. The second kappa shape index (κ2) is 12.9. The Hall–Kier alpha value is -5.06. The van der Waals surface area contributed by atoms with Gasteiger partial charge in [0.2, 0.25) is 5.91 Å². The molecule has 5 aromatic rings. The van der Waals surface area contributed by atoms with E-state index in [9.17, 15) is 10.1 Å². The fourth-order valence-corrected chi connectivity index (χ4v) is 5.36. The second-order valence-electron chi connectivity index (χ2n) is 8.97. The highest BCUT2D eigenvalue weighted by atomic mass is 32.2. The van der Waals surface area contributed by atoms with Crippen LogP contribution in [-0.2, 0) is 4.79 Å². The van der Waals surface area contributed by atoms with Crippen molar-refractivity contribution >= 4 is 29.0 Å². The molecule has 1 aromatic heterocycles. The Morgan fingerprint density at radius 2 is 1.37 bits per heavy atom. The zero-order valence-electron chi connectivity index (χ0n) is 22.7. The van der Waals surface area contributed by atoms with Crippen molar-refractivity contribution < 1.29 is 14.3 Å². The molecule has 0 bridgehead atoms. The molecule has 7 heteroatoms. The number of aromatic nitrogens is 1. The molecule has 1 heterocycles. The van der Waals surface area contributed by atoms with Crippen molar-refractivity contribution in [2.75, 3.05) is 24.9 Å². The number of pyridine rings is 1. The standard InChI is InChI=1S/C34H27N3O3S/c1-39-31-19-18-25(20-32(31)40-2)28-21-30(24-12-6-3-7-13-24)36-34(29(28)22-35)41-23-33(38)37(26-14-8-4-9-15-26)27-16-10-5-11-17-27/h3-21H,23H2,1-2H3. The summed E-state index contributed by atoms with van der Waals surface area (Å²) in [7, 11) is 3.16. The van der Waals surface area contributed by atoms with Gasteiger partial charge in [0.1, 0.15) is 11.1 Å². The molecule has 0 spiro atoms. The summed E-state index contributed by atoms with van der Waals surface area (Å²) in [5.41, 5.74) is 5.00. The van der Waals surface area contributed by atoms with Crippen LogP contribution in [0.25, 0.3) is 22.4 Å². The van der Waals surface area contributed by atoms with Gasteiger partial charge in [0.05, 0.1) is 31.2 Å². The van der Waals surface area contributed by atoms with Crippen molar-refractivity contribution in [1.82, 2.24) is 4.98 Å². The molecule has 0 saturated heterocycles. The minimum Gasteiger partial charge on any atom is -0.493 e. The van der Waals surface area contributed by atoms with Crippen molar-refractivity contribution in [3.63, 3.8) is 0 Å². The first-order chi connectivity index (χ1) is 20.1. The van der Waals surface area contributed by atoms with Gasteiger partial charge in [-0.2, -0.15) is 5.26 Å². The number of hydrogen-bond donors (Lipinski definition) is 0. The highest BCUT2D eigenvalue weighted by Crippen LogP contribution is 2.38. The lowest BCUT2D eigenvalue weighted by Crippen LogP contribution is -2.27. The number of thioether (sulfide) groups is 1. The van der Waals surface area contributed by atoms with E-state index in [1.54, 1.807) is 19.1 Å². The number of nitrogens with zero attached hydrogens (tertiary/aromatic N) is 3. The van der Waals surface area contributed by atoms with Gasteiger partial charge >= 0.3 is 0 Å². The van der Waals surface area contributed by atoms with Crippen LogP contribution in [0.4, 0.5) is 11.4 Å². The molecule has 0 aliphatic rings. The number of carbonyl (C=O) groups is 1. The van der Waals surface area contributed by atoms with Crippen molar-refractivity contribution in [1.29, 1.82) is 5.26 Å². The number of para-hydroxylation sites is 2. The number of rotatable bonds is 9. The van der Waals surface area contributed by atoms with Crippen LogP contribution in [-0.4, -0.2) is 30.9 Å². The number of nitriles is 1. The largest absolute Gasteiger partial charge is 0.493 e. The summed E-state index contributed by atoms with van der Waals surface area (Å²) in [4.78, 5) is 20.3. The van der Waals surface area contributed by atoms with Gasteiger partial charge in [0.15, 0.2) is 11.5 Å². The van der Waals surface area contributed by atoms with Gasteiger partial charge in [-0.3, -0.25) is 9.69 Å². The minimum atomic E-state index is -0.129. The molecule has 0 radical (unpaired) electrons. The molecule has 5 rings (SSSR count). The molecule has 0 saturated carbocycles. The Labute approximate surface area is 243 Å². The van der Waals surface area contributed by atoms with E-state index in [2.05, 4.69) is 6.07 Å². The van der Waals surface area contributed by atoms with Crippen LogP contribution in [0.3, 0.4) is 0 Å². The monoisotopic (exact) mass is 557 g/mol. The van der Waals surface area contributed by atoms with Crippen LogP contribution in [0.15, 0.2) is 120 Å². The molecule has 0 aliphatic heterocycles. The van der Waals surface area contributed by atoms with Gasteiger partial charge in [-0.25, -0.2) is 4.98 Å². The van der Waals surface area contributed by atoms with E-state index in [-0.39, 0.29) is 11.7 Å². The Kier molecular flexibility index (Phi) is 8.63. The fraction of sp³-hybridized carbons (Fsp3) is 0.0882. The van der Waals surface area contributed by atoms with Gasteiger partial charge in [-0.15, -0.1) is 0 Å². The Bertz CT molecular complexity index is 1650. The van der Waals surface area contributed by atoms with E-state index in [0.29, 0.717) is 33.3 Å². The number of carbonyl (C=O) groups excluding carboxylic acids is 1. The predicted octanol–water partition coefficient (Wildman–Crippen LogP) is 7.76. The number of methoxy groups -OCH3 is 2. The lowest BCUT2D eigenvalue weighted by atomic mass is 9.99. The lowest BCUT2D eigenvalue weighted by Gasteiger charge is -2.23. The summed E-state index contributed by atoms with van der Waals surface area (Å²) < 4.78 is 10.9. The van der Waals surface area contributed by atoms with Crippen molar-refractivity contribution in [2.24, 2.45) is 0 Å². The maximum absolute atomic E-state index is 13.7. The molecule has 202 valence electrons. The van der Waals surface area contributed by atoms with E-state index in [0.717, 1.165) is 22.5 Å². The second-order valence-corrected chi connectivity index (χ2v) is 9.94. The molecule has 4 aromatic carbocycles. The van der Waals surface area contributed by atoms with Gasteiger partial charge in [-0.1, -0.05) is 84.6 Å². The van der Waals surface area contributed by atoms with E-state index in [1.165, 1.54) is 11.8 Å². The maximum atomic E-state index is 13.7. The normalized spacial score (nSPS) is 10.5. The third kappa shape index (κ3) is 6.08. The number of amides is 1. The quantitative estimate of drug-likeness (QED) is 0.172. The predicted molar refractivity (Wildman–Crippen MR) is 164 cm³/mol. The molecular formula is C34H27N3O3S. The van der Waals surface area contributed by atoms with Gasteiger partial charge < -0.3 is 9.47 Å². The van der Waals surface area contributed by atoms with Gasteiger partial charge in [0.25, 0.3) is 0 Å². The topological polar surface area (TPSA) is 75.5 Å². The van der Waals surface area contributed by atoms with Crippen molar-refractivity contribution in [3.8, 4) is 40.0 Å². The zero-order chi connectivity index (χ0) is 28.6. The lowest BCUT2D eigenvalue weighted by molar-refractivity contribution is -0.115. The first-order valence-electron chi connectivity index (χ1n) is 12.9. The highest BCUT2D eigenvalue weighted by molar-refractivity contribution is 8.00. The third-order valence-corrected chi connectivity index (χ3v) is 7.43. The van der Waals surface area contributed by atoms with E-state index < -0.39 is 0 Å². The number of ether oxygens (including phenoxy) is 2. The summed E-state index contributed by atoms with van der Waals surface area (Å²) in [5, 5.41) is 10.8. The van der Waals surface area contributed by atoms with E-state index in [4.69, 9.17) is 14.5 Å². The van der Waals surface area contributed by atoms with Crippen LogP contribution in [0.2, 0.25) is 0 Å². The third-order valence-electron chi connectivity index (χ3n) is 6.47. The zero-order valence-corrected chi connectivity index (χ0v) is 23.5.